The maximum Gasteiger partial charge on any atom is 0.185 e. The first-order chi connectivity index (χ1) is 12.6. The van der Waals surface area contributed by atoms with Gasteiger partial charge in [0.05, 0.1) is 18.8 Å². The average molecular weight is 353 g/mol. The predicted molar refractivity (Wildman–Crippen MR) is 107 cm³/mol. The number of benzene rings is 2. The van der Waals surface area contributed by atoms with Gasteiger partial charge in [0.2, 0.25) is 0 Å². The first-order valence-electron chi connectivity index (χ1n) is 9.04. The fraction of sp³-hybridized carbons (Fsp3) is 0.318. The van der Waals surface area contributed by atoms with Gasteiger partial charge in [-0.2, -0.15) is 0 Å². The molecule has 0 aliphatic carbocycles. The van der Waals surface area contributed by atoms with Gasteiger partial charge in [0.1, 0.15) is 11.5 Å². The van der Waals surface area contributed by atoms with Gasteiger partial charge in [-0.15, -0.1) is 0 Å². The van der Waals surface area contributed by atoms with E-state index >= 15 is 0 Å². The lowest BCUT2D eigenvalue weighted by molar-refractivity contribution is 0.104. The molecule has 0 spiro atoms. The molecule has 0 bridgehead atoms. The van der Waals surface area contributed by atoms with Crippen molar-refractivity contribution in [2.75, 3.05) is 18.9 Å². The van der Waals surface area contributed by atoms with E-state index in [-0.39, 0.29) is 5.78 Å². The zero-order valence-electron chi connectivity index (χ0n) is 15.7. The molecule has 0 aliphatic rings. The number of rotatable bonds is 9. The van der Waals surface area contributed by atoms with Crippen LogP contribution in [0.25, 0.3) is 6.08 Å². The Hall–Kier alpha value is -2.75. The van der Waals surface area contributed by atoms with Gasteiger partial charge in [0, 0.05) is 11.3 Å². The lowest BCUT2D eigenvalue weighted by Crippen LogP contribution is -2.03. The fourth-order valence-electron chi connectivity index (χ4n) is 2.48. The van der Waals surface area contributed by atoms with Gasteiger partial charge in [-0.1, -0.05) is 19.9 Å². The Bertz CT molecular complexity index is 764. The highest BCUT2D eigenvalue weighted by atomic mass is 16.5. The molecule has 26 heavy (non-hydrogen) atoms. The molecule has 2 aromatic carbocycles. The molecule has 0 aliphatic heterocycles. The number of nitrogens with two attached hydrogens (primary N) is 1. The van der Waals surface area contributed by atoms with Crippen LogP contribution in [0, 0.1) is 6.92 Å². The van der Waals surface area contributed by atoms with Crippen molar-refractivity contribution in [2.45, 2.75) is 33.6 Å². The minimum Gasteiger partial charge on any atom is -0.493 e. The van der Waals surface area contributed by atoms with Crippen LogP contribution in [-0.2, 0) is 0 Å². The van der Waals surface area contributed by atoms with Crippen molar-refractivity contribution in [3.05, 3.63) is 59.2 Å². The Balaban J connectivity index is 2.35. The molecule has 4 nitrogen and oxygen atoms in total. The summed E-state index contributed by atoms with van der Waals surface area (Å²) in [5, 5.41) is 0. The molecule has 4 heteroatoms. The molecule has 0 radical (unpaired) electrons. The molecule has 2 aromatic rings. The average Bonchev–Trinajstić information content (AvgIpc) is 2.65. The number of hydrogen-bond acceptors (Lipinski definition) is 4. The van der Waals surface area contributed by atoms with Gasteiger partial charge >= 0.3 is 0 Å². The van der Waals surface area contributed by atoms with E-state index in [0.717, 1.165) is 35.5 Å². The molecule has 0 atom stereocenters. The molecule has 0 fully saturated rings. The molecular formula is C22H27NO3. The van der Waals surface area contributed by atoms with Crippen LogP contribution in [-0.4, -0.2) is 19.0 Å². The SMILES string of the molecule is CCCOc1ccc(C)c(OCCC)c1/C=C/C(=O)c1ccc(N)cc1. The van der Waals surface area contributed by atoms with E-state index in [1.807, 2.05) is 19.1 Å². The second-order valence-corrected chi connectivity index (χ2v) is 6.14. The maximum atomic E-state index is 12.5. The monoisotopic (exact) mass is 353 g/mol. The summed E-state index contributed by atoms with van der Waals surface area (Å²) < 4.78 is 11.8. The predicted octanol–water partition coefficient (Wildman–Crippen LogP) is 5.05. The highest BCUT2D eigenvalue weighted by Crippen LogP contribution is 2.34. The number of ketones is 1. The number of aryl methyl sites for hydroxylation is 1. The normalized spacial score (nSPS) is 10.9. The van der Waals surface area contributed by atoms with Crippen LogP contribution in [0.15, 0.2) is 42.5 Å². The lowest BCUT2D eigenvalue weighted by Gasteiger charge is -2.16. The number of anilines is 1. The van der Waals surface area contributed by atoms with Gasteiger partial charge in [-0.25, -0.2) is 0 Å². The van der Waals surface area contributed by atoms with Gasteiger partial charge in [0.15, 0.2) is 5.78 Å². The molecule has 0 saturated heterocycles. The number of nitrogen functional groups attached to an aromatic ring is 1. The van der Waals surface area contributed by atoms with Crippen molar-refractivity contribution in [3.8, 4) is 11.5 Å². The number of ether oxygens (including phenoxy) is 2. The Morgan fingerprint density at radius 3 is 2.31 bits per heavy atom. The first kappa shape index (κ1) is 19.6. The number of carbonyl (C=O) groups excluding carboxylic acids is 1. The quantitative estimate of drug-likeness (QED) is 0.389. The van der Waals surface area contributed by atoms with Crippen molar-refractivity contribution in [2.24, 2.45) is 0 Å². The number of allylic oxidation sites excluding steroid dienone is 1. The zero-order valence-corrected chi connectivity index (χ0v) is 15.7. The number of carbonyl (C=O) groups is 1. The van der Waals surface area contributed by atoms with Gasteiger partial charge in [-0.3, -0.25) is 4.79 Å². The summed E-state index contributed by atoms with van der Waals surface area (Å²) in [6, 6.07) is 10.8. The van der Waals surface area contributed by atoms with E-state index in [2.05, 4.69) is 13.8 Å². The summed E-state index contributed by atoms with van der Waals surface area (Å²) in [5.41, 5.74) is 8.72. The van der Waals surface area contributed by atoms with Crippen molar-refractivity contribution < 1.29 is 14.3 Å². The molecule has 2 N–H and O–H groups in total. The van der Waals surface area contributed by atoms with Crippen molar-refractivity contribution in [3.63, 3.8) is 0 Å². The van der Waals surface area contributed by atoms with Crippen LogP contribution in [0.1, 0.15) is 48.2 Å². The summed E-state index contributed by atoms with van der Waals surface area (Å²) >= 11 is 0. The zero-order chi connectivity index (χ0) is 18.9. The van der Waals surface area contributed by atoms with Crippen LogP contribution < -0.4 is 15.2 Å². The highest BCUT2D eigenvalue weighted by Gasteiger charge is 2.12. The van der Waals surface area contributed by atoms with Crippen LogP contribution >= 0.6 is 0 Å². The van der Waals surface area contributed by atoms with Gasteiger partial charge in [0.25, 0.3) is 0 Å². The van der Waals surface area contributed by atoms with Gasteiger partial charge in [-0.05, 0) is 67.8 Å². The molecule has 0 heterocycles. The molecule has 138 valence electrons. The summed E-state index contributed by atoms with van der Waals surface area (Å²) in [6.45, 7) is 7.34. The van der Waals surface area contributed by atoms with Crippen LogP contribution in [0.2, 0.25) is 0 Å². The third-order valence-corrected chi connectivity index (χ3v) is 3.86. The van der Waals surface area contributed by atoms with Crippen LogP contribution in [0.3, 0.4) is 0 Å². The molecule has 0 unspecified atom stereocenters. The minimum absolute atomic E-state index is 0.0885. The van der Waals surface area contributed by atoms with Crippen molar-refractivity contribution >= 4 is 17.5 Å². The molecule has 2 rings (SSSR count). The summed E-state index contributed by atoms with van der Waals surface area (Å²) in [7, 11) is 0. The largest absolute Gasteiger partial charge is 0.493 e. The Labute approximate surface area is 155 Å². The molecule has 0 aromatic heterocycles. The summed E-state index contributed by atoms with van der Waals surface area (Å²) in [6.07, 6.45) is 5.15. The Morgan fingerprint density at radius 2 is 1.65 bits per heavy atom. The minimum atomic E-state index is -0.0885. The third-order valence-electron chi connectivity index (χ3n) is 3.86. The van der Waals surface area contributed by atoms with Crippen molar-refractivity contribution in [1.82, 2.24) is 0 Å². The third kappa shape index (κ3) is 5.12. The fourth-order valence-corrected chi connectivity index (χ4v) is 2.48. The smallest absolute Gasteiger partial charge is 0.185 e. The first-order valence-corrected chi connectivity index (χ1v) is 9.04. The summed E-state index contributed by atoms with van der Waals surface area (Å²) in [5.74, 6) is 1.40. The van der Waals surface area contributed by atoms with Gasteiger partial charge < -0.3 is 15.2 Å². The van der Waals surface area contributed by atoms with E-state index in [1.165, 1.54) is 0 Å². The molecular weight excluding hydrogens is 326 g/mol. The standard InChI is InChI=1S/C22H27NO3/c1-4-14-25-21-13-6-16(3)22(26-15-5-2)19(21)11-12-20(24)17-7-9-18(23)10-8-17/h6-13H,4-5,14-15,23H2,1-3H3/b12-11+. The number of hydrogen-bond donors (Lipinski definition) is 1. The lowest BCUT2D eigenvalue weighted by atomic mass is 10.1. The maximum absolute atomic E-state index is 12.5. The molecule has 0 amide bonds. The second-order valence-electron chi connectivity index (χ2n) is 6.14. The Kier molecular flexibility index (Phi) is 7.27. The van der Waals surface area contributed by atoms with Crippen LogP contribution in [0.5, 0.6) is 11.5 Å². The van der Waals surface area contributed by atoms with Crippen LogP contribution in [0.4, 0.5) is 5.69 Å². The van der Waals surface area contributed by atoms with E-state index in [0.29, 0.717) is 24.5 Å². The molecule has 0 saturated carbocycles. The van der Waals surface area contributed by atoms with E-state index < -0.39 is 0 Å². The van der Waals surface area contributed by atoms with E-state index in [1.54, 1.807) is 36.4 Å². The van der Waals surface area contributed by atoms with E-state index in [9.17, 15) is 4.79 Å². The second kappa shape index (κ2) is 9.66. The van der Waals surface area contributed by atoms with Crippen molar-refractivity contribution in [1.29, 1.82) is 0 Å². The highest BCUT2D eigenvalue weighted by molar-refractivity contribution is 6.07. The summed E-state index contributed by atoms with van der Waals surface area (Å²) in [4.78, 5) is 12.5. The Morgan fingerprint density at radius 1 is 1.00 bits per heavy atom. The van der Waals surface area contributed by atoms with E-state index in [4.69, 9.17) is 15.2 Å². The topological polar surface area (TPSA) is 61.5 Å².